The molecule has 0 aromatic heterocycles. The molecule has 0 heterocycles. The van der Waals surface area contributed by atoms with Gasteiger partial charge in [0, 0.05) is 12.0 Å². The molecule has 0 aliphatic rings. The molecule has 0 aliphatic carbocycles. The summed E-state index contributed by atoms with van der Waals surface area (Å²) in [5.41, 5.74) is 1.12. The van der Waals surface area contributed by atoms with Gasteiger partial charge in [0.1, 0.15) is 5.75 Å². The van der Waals surface area contributed by atoms with Crippen molar-refractivity contribution in [1.82, 2.24) is 0 Å². The lowest BCUT2D eigenvalue weighted by Crippen LogP contribution is -2.15. The molecule has 0 saturated carbocycles. The number of hydrogen-bond acceptors (Lipinski definition) is 5. The first-order valence-electron chi connectivity index (χ1n) is 6.58. The van der Waals surface area contributed by atoms with E-state index in [-0.39, 0.29) is 31.8 Å². The van der Waals surface area contributed by atoms with E-state index in [0.29, 0.717) is 16.9 Å². The number of esters is 1. The van der Waals surface area contributed by atoms with E-state index in [4.69, 9.17) is 14.6 Å². The van der Waals surface area contributed by atoms with Gasteiger partial charge in [-0.15, -0.1) is 0 Å². The van der Waals surface area contributed by atoms with Crippen LogP contribution in [0.1, 0.15) is 35.7 Å². The van der Waals surface area contributed by atoms with Gasteiger partial charge in [0.2, 0.25) is 0 Å². The number of carbonyl (C=O) groups is 3. The summed E-state index contributed by atoms with van der Waals surface area (Å²) in [5, 5.41) is 8.56. The second kappa shape index (κ2) is 8.04. The van der Waals surface area contributed by atoms with E-state index in [1.165, 1.54) is 0 Å². The van der Waals surface area contributed by atoms with Crippen LogP contribution in [-0.2, 0) is 14.3 Å². The molecule has 0 amide bonds. The number of hydrogen-bond donors (Lipinski definition) is 1. The fourth-order valence-corrected chi connectivity index (χ4v) is 1.69. The van der Waals surface area contributed by atoms with Crippen LogP contribution >= 0.6 is 0 Å². The van der Waals surface area contributed by atoms with Crippen molar-refractivity contribution >= 4 is 17.7 Å². The van der Waals surface area contributed by atoms with Crippen LogP contribution in [0.2, 0.25) is 0 Å². The molecule has 0 aliphatic heterocycles. The minimum Gasteiger partial charge on any atom is -0.482 e. The predicted octanol–water partition coefficient (Wildman–Crippen LogP) is 1.98. The van der Waals surface area contributed by atoms with Crippen molar-refractivity contribution in [3.05, 3.63) is 29.3 Å². The van der Waals surface area contributed by atoms with Gasteiger partial charge in [-0.2, -0.15) is 0 Å². The van der Waals surface area contributed by atoms with Gasteiger partial charge in [0.05, 0.1) is 13.0 Å². The van der Waals surface area contributed by atoms with E-state index >= 15 is 0 Å². The number of Topliss-reactive ketones (excluding diaryl/α,β-unsaturated/α-hetero) is 1. The highest BCUT2D eigenvalue weighted by molar-refractivity contribution is 5.97. The largest absolute Gasteiger partial charge is 0.482 e. The van der Waals surface area contributed by atoms with Crippen LogP contribution in [0.25, 0.3) is 0 Å². The molecule has 1 rings (SSSR count). The molecule has 0 radical (unpaired) electrons. The fourth-order valence-electron chi connectivity index (χ4n) is 1.69. The summed E-state index contributed by atoms with van der Waals surface area (Å²) in [5.74, 6) is -1.22. The summed E-state index contributed by atoms with van der Waals surface area (Å²) in [4.78, 5) is 33.4. The number of carbonyl (C=O) groups excluding carboxylic acids is 2. The molecule has 0 bridgehead atoms. The molecule has 0 atom stereocenters. The maximum Gasteiger partial charge on any atom is 0.344 e. The predicted molar refractivity (Wildman–Crippen MR) is 74.5 cm³/mol. The zero-order valence-electron chi connectivity index (χ0n) is 12.0. The van der Waals surface area contributed by atoms with E-state index in [9.17, 15) is 14.4 Å². The first kappa shape index (κ1) is 16.7. The summed E-state index contributed by atoms with van der Waals surface area (Å²) >= 11 is 0. The molecule has 1 aromatic rings. The zero-order chi connectivity index (χ0) is 15.8. The molecule has 6 nitrogen and oxygen atoms in total. The molecule has 21 heavy (non-hydrogen) atoms. The summed E-state index contributed by atoms with van der Waals surface area (Å²) in [6.07, 6.45) is -0.239. The Morgan fingerprint density at radius 3 is 2.48 bits per heavy atom. The summed E-state index contributed by atoms with van der Waals surface area (Å²) in [6, 6.07) is 4.75. The third kappa shape index (κ3) is 5.64. The second-order valence-electron chi connectivity index (χ2n) is 4.39. The Balaban J connectivity index is 2.65. The topological polar surface area (TPSA) is 89.9 Å². The van der Waals surface area contributed by atoms with Gasteiger partial charge in [0.15, 0.2) is 12.4 Å². The van der Waals surface area contributed by atoms with Crippen molar-refractivity contribution < 1.29 is 29.0 Å². The SMILES string of the molecule is CCOC(=O)COc1ccc(C(=O)CCC(=O)O)cc1C. The third-order valence-corrected chi connectivity index (χ3v) is 2.71. The Morgan fingerprint density at radius 2 is 1.90 bits per heavy atom. The van der Waals surface area contributed by atoms with Crippen molar-refractivity contribution in [2.75, 3.05) is 13.2 Å². The van der Waals surface area contributed by atoms with Gasteiger partial charge in [-0.1, -0.05) is 0 Å². The van der Waals surface area contributed by atoms with E-state index in [2.05, 4.69) is 0 Å². The van der Waals surface area contributed by atoms with E-state index < -0.39 is 11.9 Å². The van der Waals surface area contributed by atoms with E-state index in [1.807, 2.05) is 0 Å². The molecule has 0 fully saturated rings. The molecule has 114 valence electrons. The number of aryl methyl sites for hydroxylation is 1. The molecular formula is C15H18O6. The van der Waals surface area contributed by atoms with Gasteiger partial charge in [0.25, 0.3) is 0 Å². The number of rotatable bonds is 8. The number of benzene rings is 1. The van der Waals surface area contributed by atoms with Gasteiger partial charge in [-0.3, -0.25) is 9.59 Å². The summed E-state index contributed by atoms with van der Waals surface area (Å²) < 4.78 is 10.1. The zero-order valence-corrected chi connectivity index (χ0v) is 12.0. The lowest BCUT2D eigenvalue weighted by molar-refractivity contribution is -0.145. The van der Waals surface area contributed by atoms with Crippen LogP contribution in [0.3, 0.4) is 0 Å². The monoisotopic (exact) mass is 294 g/mol. The van der Waals surface area contributed by atoms with E-state index in [1.54, 1.807) is 32.0 Å². The Kier molecular flexibility index (Phi) is 6.39. The number of carboxylic acid groups (broad SMARTS) is 1. The van der Waals surface area contributed by atoms with Crippen LogP contribution in [-0.4, -0.2) is 36.0 Å². The Bertz CT molecular complexity index is 535. The van der Waals surface area contributed by atoms with Crippen molar-refractivity contribution in [2.45, 2.75) is 26.7 Å². The molecule has 6 heteroatoms. The molecule has 0 saturated heterocycles. The van der Waals surface area contributed by atoms with Crippen molar-refractivity contribution in [3.63, 3.8) is 0 Å². The molecule has 0 unspecified atom stereocenters. The number of aliphatic carboxylic acids is 1. The maximum atomic E-state index is 11.8. The normalized spacial score (nSPS) is 10.0. The van der Waals surface area contributed by atoms with Gasteiger partial charge in [-0.25, -0.2) is 4.79 Å². The van der Waals surface area contributed by atoms with Crippen molar-refractivity contribution in [1.29, 1.82) is 0 Å². The van der Waals surface area contributed by atoms with Crippen molar-refractivity contribution in [3.8, 4) is 5.75 Å². The average molecular weight is 294 g/mol. The van der Waals surface area contributed by atoms with Crippen LogP contribution in [0.15, 0.2) is 18.2 Å². The Morgan fingerprint density at radius 1 is 1.19 bits per heavy atom. The van der Waals surface area contributed by atoms with Crippen molar-refractivity contribution in [2.24, 2.45) is 0 Å². The highest BCUT2D eigenvalue weighted by atomic mass is 16.6. The second-order valence-corrected chi connectivity index (χ2v) is 4.39. The first-order chi connectivity index (χ1) is 9.93. The maximum absolute atomic E-state index is 11.8. The summed E-state index contributed by atoms with van der Waals surface area (Å²) in [7, 11) is 0. The number of ether oxygens (including phenoxy) is 2. The molecular weight excluding hydrogens is 276 g/mol. The average Bonchev–Trinajstić information content (AvgIpc) is 2.43. The minimum absolute atomic E-state index is 0.0438. The molecule has 1 aromatic carbocycles. The van der Waals surface area contributed by atoms with E-state index in [0.717, 1.165) is 0 Å². The van der Waals surface area contributed by atoms with Crippen LogP contribution in [0.4, 0.5) is 0 Å². The third-order valence-electron chi connectivity index (χ3n) is 2.71. The number of carboxylic acids is 1. The minimum atomic E-state index is -1.01. The quantitative estimate of drug-likeness (QED) is 0.582. The van der Waals surface area contributed by atoms with Gasteiger partial charge >= 0.3 is 11.9 Å². The van der Waals surface area contributed by atoms with Gasteiger partial charge < -0.3 is 14.6 Å². The lowest BCUT2D eigenvalue weighted by Gasteiger charge is -2.09. The Labute approximate surface area is 122 Å². The smallest absolute Gasteiger partial charge is 0.344 e. The van der Waals surface area contributed by atoms with Crippen LogP contribution in [0.5, 0.6) is 5.75 Å². The lowest BCUT2D eigenvalue weighted by atomic mass is 10.0. The highest BCUT2D eigenvalue weighted by Gasteiger charge is 2.11. The number of ketones is 1. The fraction of sp³-hybridized carbons (Fsp3) is 0.400. The standard InChI is InChI=1S/C15H18O6/c1-3-20-15(19)9-21-13-6-4-11(8-10(13)2)12(16)5-7-14(17)18/h4,6,8H,3,5,7,9H2,1-2H3,(H,17,18). The van der Waals surface area contributed by atoms with Gasteiger partial charge in [-0.05, 0) is 37.6 Å². The highest BCUT2D eigenvalue weighted by Crippen LogP contribution is 2.20. The summed E-state index contributed by atoms with van der Waals surface area (Å²) in [6.45, 7) is 3.55. The molecule has 1 N–H and O–H groups in total. The Hall–Kier alpha value is -2.37. The first-order valence-corrected chi connectivity index (χ1v) is 6.58. The van der Waals surface area contributed by atoms with Crippen LogP contribution in [0, 0.1) is 6.92 Å². The van der Waals surface area contributed by atoms with Crippen LogP contribution < -0.4 is 4.74 Å². The molecule has 0 spiro atoms.